The highest BCUT2D eigenvalue weighted by Crippen LogP contribution is 2.14. The standard InChI is InChI=1S/C7H7N3O/c1-10-7-2-5(11)3-8-6(7)4-9-10/h2-4,11H,1H3. The maximum atomic E-state index is 9.07. The predicted octanol–water partition coefficient (Wildman–Crippen LogP) is 0.674. The van der Waals surface area contributed by atoms with Crippen molar-refractivity contribution in [2.75, 3.05) is 0 Å². The Morgan fingerprint density at radius 3 is 3.09 bits per heavy atom. The minimum Gasteiger partial charge on any atom is -0.506 e. The monoisotopic (exact) mass is 149 g/mol. The van der Waals surface area contributed by atoms with Gasteiger partial charge in [-0.05, 0) is 0 Å². The van der Waals surface area contributed by atoms with E-state index in [4.69, 9.17) is 5.11 Å². The molecule has 4 nitrogen and oxygen atoms in total. The molecule has 2 aromatic rings. The number of fused-ring (bicyclic) bond motifs is 1. The average molecular weight is 149 g/mol. The third kappa shape index (κ3) is 0.832. The second-order valence-corrected chi connectivity index (χ2v) is 2.37. The van der Waals surface area contributed by atoms with Gasteiger partial charge >= 0.3 is 0 Å². The highest BCUT2D eigenvalue weighted by Gasteiger charge is 1.99. The van der Waals surface area contributed by atoms with Gasteiger partial charge in [0.15, 0.2) is 0 Å². The molecule has 1 N–H and O–H groups in total. The summed E-state index contributed by atoms with van der Waals surface area (Å²) in [5.41, 5.74) is 1.63. The van der Waals surface area contributed by atoms with E-state index in [0.29, 0.717) is 0 Å². The molecule has 0 spiro atoms. The summed E-state index contributed by atoms with van der Waals surface area (Å²) in [7, 11) is 1.81. The molecule has 0 unspecified atom stereocenters. The van der Waals surface area contributed by atoms with Crippen LogP contribution in [0.5, 0.6) is 5.75 Å². The number of aryl methyl sites for hydroxylation is 1. The maximum absolute atomic E-state index is 9.07. The van der Waals surface area contributed by atoms with Crippen LogP contribution in [0.15, 0.2) is 18.5 Å². The molecule has 0 radical (unpaired) electrons. The molecule has 11 heavy (non-hydrogen) atoms. The number of pyridine rings is 1. The van der Waals surface area contributed by atoms with Crippen molar-refractivity contribution in [2.45, 2.75) is 0 Å². The average Bonchev–Trinajstić information content (AvgIpc) is 2.33. The zero-order valence-corrected chi connectivity index (χ0v) is 6.02. The molecule has 0 atom stereocenters. The Hall–Kier alpha value is -1.58. The van der Waals surface area contributed by atoms with Crippen molar-refractivity contribution < 1.29 is 5.11 Å². The molecule has 2 rings (SSSR count). The van der Waals surface area contributed by atoms with Gasteiger partial charge in [-0.2, -0.15) is 5.10 Å². The van der Waals surface area contributed by atoms with Gasteiger partial charge in [0.05, 0.1) is 17.9 Å². The first kappa shape index (κ1) is 6.15. The second kappa shape index (κ2) is 1.95. The molecule has 0 amide bonds. The van der Waals surface area contributed by atoms with E-state index in [-0.39, 0.29) is 5.75 Å². The quantitative estimate of drug-likeness (QED) is 0.599. The Balaban J connectivity index is 2.87. The number of rotatable bonds is 0. The minimum absolute atomic E-state index is 0.168. The van der Waals surface area contributed by atoms with Crippen molar-refractivity contribution in [3.8, 4) is 5.75 Å². The molecule has 0 aliphatic rings. The molecule has 0 bridgehead atoms. The summed E-state index contributed by atoms with van der Waals surface area (Å²) in [6, 6.07) is 1.63. The normalized spacial score (nSPS) is 10.6. The number of aromatic nitrogens is 3. The fourth-order valence-electron chi connectivity index (χ4n) is 1.02. The van der Waals surface area contributed by atoms with E-state index in [1.54, 1.807) is 16.9 Å². The Morgan fingerprint density at radius 2 is 2.27 bits per heavy atom. The van der Waals surface area contributed by atoms with Gasteiger partial charge < -0.3 is 5.11 Å². The Kier molecular flexibility index (Phi) is 1.09. The highest BCUT2D eigenvalue weighted by molar-refractivity contribution is 5.74. The van der Waals surface area contributed by atoms with Gasteiger partial charge in [0.25, 0.3) is 0 Å². The van der Waals surface area contributed by atoms with E-state index >= 15 is 0 Å². The van der Waals surface area contributed by atoms with Crippen molar-refractivity contribution in [3.63, 3.8) is 0 Å². The molecule has 0 aliphatic carbocycles. The van der Waals surface area contributed by atoms with Crippen LogP contribution in [0.3, 0.4) is 0 Å². The molecule has 56 valence electrons. The fraction of sp³-hybridized carbons (Fsp3) is 0.143. The van der Waals surface area contributed by atoms with Crippen LogP contribution >= 0.6 is 0 Å². The maximum Gasteiger partial charge on any atom is 0.136 e. The van der Waals surface area contributed by atoms with Gasteiger partial charge in [0, 0.05) is 13.1 Å². The summed E-state index contributed by atoms with van der Waals surface area (Å²) >= 11 is 0. The molecule has 0 saturated carbocycles. The van der Waals surface area contributed by atoms with Crippen molar-refractivity contribution in [1.29, 1.82) is 0 Å². The SMILES string of the molecule is Cn1ncc2ncc(O)cc21. The zero-order chi connectivity index (χ0) is 7.84. The molecular weight excluding hydrogens is 142 g/mol. The molecule has 4 heteroatoms. The Morgan fingerprint density at radius 1 is 1.45 bits per heavy atom. The van der Waals surface area contributed by atoms with E-state index in [2.05, 4.69) is 10.1 Å². The Bertz CT molecular complexity index is 393. The number of nitrogens with zero attached hydrogens (tertiary/aromatic N) is 3. The Labute approximate surface area is 63.1 Å². The molecule has 2 heterocycles. The van der Waals surface area contributed by atoms with Crippen molar-refractivity contribution >= 4 is 11.0 Å². The van der Waals surface area contributed by atoms with E-state index in [9.17, 15) is 0 Å². The summed E-state index contributed by atoms with van der Waals surface area (Å²) in [5.74, 6) is 0.168. The zero-order valence-electron chi connectivity index (χ0n) is 6.02. The summed E-state index contributed by atoms with van der Waals surface area (Å²) in [5, 5.41) is 13.0. The van der Waals surface area contributed by atoms with Crippen LogP contribution in [-0.4, -0.2) is 19.9 Å². The first-order valence-electron chi connectivity index (χ1n) is 3.24. The predicted molar refractivity (Wildman–Crippen MR) is 40.2 cm³/mol. The summed E-state index contributed by atoms with van der Waals surface area (Å²) in [6.07, 6.45) is 3.07. The van der Waals surface area contributed by atoms with Crippen LogP contribution in [0, 0.1) is 0 Å². The number of hydrogen-bond acceptors (Lipinski definition) is 3. The van der Waals surface area contributed by atoms with Crippen LogP contribution < -0.4 is 0 Å². The van der Waals surface area contributed by atoms with Crippen molar-refractivity contribution in [3.05, 3.63) is 18.5 Å². The molecule has 0 aliphatic heterocycles. The first-order chi connectivity index (χ1) is 5.27. The summed E-state index contributed by atoms with van der Waals surface area (Å²) < 4.78 is 1.67. The minimum atomic E-state index is 0.168. The summed E-state index contributed by atoms with van der Waals surface area (Å²) in [6.45, 7) is 0. The molecular formula is C7H7N3O. The van der Waals surface area contributed by atoms with Crippen molar-refractivity contribution in [2.24, 2.45) is 7.05 Å². The van der Waals surface area contributed by atoms with Crippen LogP contribution in [0.4, 0.5) is 0 Å². The lowest BCUT2D eigenvalue weighted by Gasteiger charge is -1.93. The van der Waals surface area contributed by atoms with E-state index in [1.807, 2.05) is 7.05 Å². The second-order valence-electron chi connectivity index (χ2n) is 2.37. The first-order valence-corrected chi connectivity index (χ1v) is 3.24. The lowest BCUT2D eigenvalue weighted by molar-refractivity contribution is 0.473. The third-order valence-corrected chi connectivity index (χ3v) is 1.58. The van der Waals surface area contributed by atoms with Gasteiger partial charge in [-0.3, -0.25) is 4.68 Å². The smallest absolute Gasteiger partial charge is 0.136 e. The van der Waals surface area contributed by atoms with E-state index in [0.717, 1.165) is 11.0 Å². The van der Waals surface area contributed by atoms with Gasteiger partial charge in [-0.15, -0.1) is 0 Å². The van der Waals surface area contributed by atoms with Crippen LogP contribution in [-0.2, 0) is 7.05 Å². The lowest BCUT2D eigenvalue weighted by atomic mass is 10.4. The van der Waals surface area contributed by atoms with Gasteiger partial charge in [-0.25, -0.2) is 4.98 Å². The van der Waals surface area contributed by atoms with Crippen LogP contribution in [0.2, 0.25) is 0 Å². The van der Waals surface area contributed by atoms with Gasteiger partial charge in [0.2, 0.25) is 0 Å². The van der Waals surface area contributed by atoms with E-state index < -0.39 is 0 Å². The third-order valence-electron chi connectivity index (χ3n) is 1.58. The molecule has 2 aromatic heterocycles. The highest BCUT2D eigenvalue weighted by atomic mass is 16.3. The van der Waals surface area contributed by atoms with Crippen LogP contribution in [0.1, 0.15) is 0 Å². The number of aromatic hydroxyl groups is 1. The molecule has 0 aromatic carbocycles. The molecule has 0 fully saturated rings. The van der Waals surface area contributed by atoms with E-state index in [1.165, 1.54) is 6.20 Å². The number of hydrogen-bond donors (Lipinski definition) is 1. The van der Waals surface area contributed by atoms with Gasteiger partial charge in [-0.1, -0.05) is 0 Å². The van der Waals surface area contributed by atoms with Gasteiger partial charge in [0.1, 0.15) is 11.3 Å². The summed E-state index contributed by atoms with van der Waals surface area (Å²) in [4.78, 5) is 3.97. The fourth-order valence-corrected chi connectivity index (χ4v) is 1.02. The topological polar surface area (TPSA) is 50.9 Å². The lowest BCUT2D eigenvalue weighted by Crippen LogP contribution is -1.88. The van der Waals surface area contributed by atoms with Crippen molar-refractivity contribution in [1.82, 2.24) is 14.8 Å². The largest absolute Gasteiger partial charge is 0.506 e. The molecule has 0 saturated heterocycles. The van der Waals surface area contributed by atoms with Crippen LogP contribution in [0.25, 0.3) is 11.0 Å².